The van der Waals surface area contributed by atoms with Crippen molar-refractivity contribution in [3.63, 3.8) is 0 Å². The van der Waals surface area contributed by atoms with Crippen LogP contribution in [0, 0.1) is 5.92 Å². The first-order valence-corrected chi connectivity index (χ1v) is 6.98. The fraction of sp³-hybridized carbons (Fsp3) is 0.438. The molecule has 1 aromatic heterocycles. The van der Waals surface area contributed by atoms with E-state index < -0.39 is 0 Å². The van der Waals surface area contributed by atoms with Gasteiger partial charge in [0.25, 0.3) is 0 Å². The van der Waals surface area contributed by atoms with Gasteiger partial charge < -0.3 is 10.1 Å². The zero-order valence-electron chi connectivity index (χ0n) is 11.3. The smallest absolute Gasteiger partial charge is 0.0705 e. The highest BCUT2D eigenvalue weighted by molar-refractivity contribution is 5.79. The van der Waals surface area contributed by atoms with Crippen LogP contribution < -0.4 is 5.32 Å². The predicted octanol–water partition coefficient (Wildman–Crippen LogP) is 2.92. The molecule has 1 aliphatic heterocycles. The Hall–Kier alpha value is -1.45. The topological polar surface area (TPSA) is 34.2 Å². The Kier molecular flexibility index (Phi) is 3.76. The summed E-state index contributed by atoms with van der Waals surface area (Å²) in [6, 6.07) is 11.1. The van der Waals surface area contributed by atoms with Gasteiger partial charge in [-0.1, -0.05) is 18.2 Å². The molecule has 0 spiro atoms. The molecule has 1 aromatic carbocycles. The molecule has 3 nitrogen and oxygen atoms in total. The summed E-state index contributed by atoms with van der Waals surface area (Å²) in [4.78, 5) is 4.45. The van der Waals surface area contributed by atoms with Gasteiger partial charge in [0.2, 0.25) is 0 Å². The van der Waals surface area contributed by atoms with Gasteiger partial charge in [0, 0.05) is 30.8 Å². The Balaban J connectivity index is 1.91. The van der Waals surface area contributed by atoms with Gasteiger partial charge in [-0.3, -0.25) is 4.98 Å². The summed E-state index contributed by atoms with van der Waals surface area (Å²) in [6.07, 6.45) is 4.12. The molecule has 0 bridgehead atoms. The van der Waals surface area contributed by atoms with E-state index in [1.165, 1.54) is 10.9 Å². The minimum atomic E-state index is 0.398. The first-order chi connectivity index (χ1) is 9.38. The third kappa shape index (κ3) is 2.62. The Bertz CT molecular complexity index is 549. The summed E-state index contributed by atoms with van der Waals surface area (Å²) >= 11 is 0. The lowest BCUT2D eigenvalue weighted by molar-refractivity contribution is 0.0546. The van der Waals surface area contributed by atoms with E-state index in [-0.39, 0.29) is 0 Å². The van der Waals surface area contributed by atoms with Gasteiger partial charge in [0.1, 0.15) is 0 Å². The summed E-state index contributed by atoms with van der Waals surface area (Å²) in [5.74, 6) is 0.653. The van der Waals surface area contributed by atoms with Crippen molar-refractivity contribution >= 4 is 10.9 Å². The lowest BCUT2D eigenvalue weighted by Gasteiger charge is -2.30. The molecule has 3 heteroatoms. The minimum Gasteiger partial charge on any atom is -0.381 e. The maximum Gasteiger partial charge on any atom is 0.0705 e. The summed E-state index contributed by atoms with van der Waals surface area (Å²) < 4.78 is 5.46. The molecule has 19 heavy (non-hydrogen) atoms. The van der Waals surface area contributed by atoms with Crippen LogP contribution in [0.25, 0.3) is 10.9 Å². The van der Waals surface area contributed by atoms with Crippen LogP contribution >= 0.6 is 0 Å². The van der Waals surface area contributed by atoms with Gasteiger partial charge in [-0.05, 0) is 43.5 Å². The van der Waals surface area contributed by atoms with Crippen molar-refractivity contribution in [3.8, 4) is 0 Å². The highest BCUT2D eigenvalue weighted by Crippen LogP contribution is 2.30. The molecule has 2 aromatic rings. The van der Waals surface area contributed by atoms with E-state index in [1.807, 2.05) is 19.3 Å². The lowest BCUT2D eigenvalue weighted by atomic mass is 9.87. The number of hydrogen-bond donors (Lipinski definition) is 1. The molecule has 0 aliphatic carbocycles. The largest absolute Gasteiger partial charge is 0.381 e. The second-order valence-electron chi connectivity index (χ2n) is 5.17. The monoisotopic (exact) mass is 256 g/mol. The van der Waals surface area contributed by atoms with Crippen LogP contribution in [0.4, 0.5) is 0 Å². The predicted molar refractivity (Wildman–Crippen MR) is 77.1 cm³/mol. The SMILES string of the molecule is CNC(c1ccc2cccnc2c1)C1CCOCC1. The first kappa shape index (κ1) is 12.6. The summed E-state index contributed by atoms with van der Waals surface area (Å²) in [5, 5.41) is 4.67. The molecule has 1 N–H and O–H groups in total. The number of benzene rings is 1. The molecule has 1 unspecified atom stereocenters. The van der Waals surface area contributed by atoms with Crippen LogP contribution in [0.1, 0.15) is 24.4 Å². The van der Waals surface area contributed by atoms with Crippen LogP contribution in [0.5, 0.6) is 0 Å². The second-order valence-corrected chi connectivity index (χ2v) is 5.17. The molecule has 0 amide bonds. The van der Waals surface area contributed by atoms with Crippen molar-refractivity contribution in [3.05, 3.63) is 42.1 Å². The highest BCUT2D eigenvalue weighted by Gasteiger charge is 2.24. The molecule has 0 radical (unpaired) electrons. The number of ether oxygens (including phenoxy) is 1. The highest BCUT2D eigenvalue weighted by atomic mass is 16.5. The minimum absolute atomic E-state index is 0.398. The molecule has 3 rings (SSSR count). The molecular weight excluding hydrogens is 236 g/mol. The van der Waals surface area contributed by atoms with Crippen molar-refractivity contribution < 1.29 is 4.74 Å². The van der Waals surface area contributed by atoms with E-state index in [1.54, 1.807) is 0 Å². The summed E-state index contributed by atoms with van der Waals surface area (Å²) in [7, 11) is 2.04. The van der Waals surface area contributed by atoms with E-state index in [4.69, 9.17) is 4.74 Å². The van der Waals surface area contributed by atoms with Gasteiger partial charge in [0.05, 0.1) is 5.52 Å². The molecule has 0 saturated carbocycles. The quantitative estimate of drug-likeness (QED) is 0.917. The number of nitrogens with zero attached hydrogens (tertiary/aromatic N) is 1. The Morgan fingerprint density at radius 2 is 2.11 bits per heavy atom. The van der Waals surface area contributed by atoms with Gasteiger partial charge in [0.15, 0.2) is 0 Å². The molecule has 1 saturated heterocycles. The molecule has 1 aliphatic rings. The number of rotatable bonds is 3. The summed E-state index contributed by atoms with van der Waals surface area (Å²) in [6.45, 7) is 1.77. The Labute approximate surface area is 114 Å². The fourth-order valence-electron chi connectivity index (χ4n) is 3.00. The zero-order chi connectivity index (χ0) is 13.1. The second kappa shape index (κ2) is 5.68. The van der Waals surface area contributed by atoms with Crippen LogP contribution in [0.15, 0.2) is 36.5 Å². The molecule has 2 heterocycles. The number of nitrogens with one attached hydrogen (secondary N) is 1. The average molecular weight is 256 g/mol. The van der Waals surface area contributed by atoms with Crippen LogP contribution in [0.2, 0.25) is 0 Å². The summed E-state index contributed by atoms with van der Waals surface area (Å²) in [5.41, 5.74) is 2.41. The Morgan fingerprint density at radius 1 is 1.26 bits per heavy atom. The van der Waals surface area contributed by atoms with Crippen LogP contribution in [-0.2, 0) is 4.74 Å². The van der Waals surface area contributed by atoms with Gasteiger partial charge >= 0.3 is 0 Å². The van der Waals surface area contributed by atoms with Crippen molar-refractivity contribution in [1.82, 2.24) is 10.3 Å². The third-order valence-electron chi connectivity index (χ3n) is 4.04. The maximum atomic E-state index is 5.46. The van der Waals surface area contributed by atoms with Crippen molar-refractivity contribution in [1.29, 1.82) is 0 Å². The van der Waals surface area contributed by atoms with E-state index in [9.17, 15) is 0 Å². The number of aromatic nitrogens is 1. The molecule has 1 fully saturated rings. The number of pyridine rings is 1. The zero-order valence-corrected chi connectivity index (χ0v) is 11.3. The van der Waals surface area contributed by atoms with Crippen molar-refractivity contribution in [2.24, 2.45) is 5.92 Å². The van der Waals surface area contributed by atoms with E-state index in [0.29, 0.717) is 12.0 Å². The maximum absolute atomic E-state index is 5.46. The molecule has 100 valence electrons. The van der Waals surface area contributed by atoms with Gasteiger partial charge in [-0.15, -0.1) is 0 Å². The van der Waals surface area contributed by atoms with Crippen molar-refractivity contribution in [2.75, 3.05) is 20.3 Å². The molecular formula is C16H20N2O. The standard InChI is InChI=1S/C16H20N2O/c1-17-16(13-6-9-19-10-7-13)14-5-4-12-3-2-8-18-15(12)11-14/h2-5,8,11,13,16-17H,6-7,9-10H2,1H3. The third-order valence-corrected chi connectivity index (χ3v) is 4.04. The van der Waals surface area contributed by atoms with Crippen LogP contribution in [-0.4, -0.2) is 25.2 Å². The van der Waals surface area contributed by atoms with E-state index in [2.05, 4.69) is 34.6 Å². The normalized spacial score (nSPS) is 18.6. The number of hydrogen-bond acceptors (Lipinski definition) is 3. The van der Waals surface area contributed by atoms with Gasteiger partial charge in [-0.25, -0.2) is 0 Å². The first-order valence-electron chi connectivity index (χ1n) is 6.98. The van der Waals surface area contributed by atoms with E-state index in [0.717, 1.165) is 31.6 Å². The average Bonchev–Trinajstić information content (AvgIpc) is 2.49. The fourth-order valence-corrected chi connectivity index (χ4v) is 3.00. The van der Waals surface area contributed by atoms with E-state index >= 15 is 0 Å². The molecule has 1 atom stereocenters. The van der Waals surface area contributed by atoms with Gasteiger partial charge in [-0.2, -0.15) is 0 Å². The lowest BCUT2D eigenvalue weighted by Crippen LogP contribution is -2.29. The number of fused-ring (bicyclic) bond motifs is 1. The van der Waals surface area contributed by atoms with Crippen molar-refractivity contribution in [2.45, 2.75) is 18.9 Å². The Morgan fingerprint density at radius 3 is 2.89 bits per heavy atom. The van der Waals surface area contributed by atoms with Crippen LogP contribution in [0.3, 0.4) is 0 Å².